The van der Waals surface area contributed by atoms with Crippen molar-refractivity contribution in [2.45, 2.75) is 11.8 Å². The van der Waals surface area contributed by atoms with Gasteiger partial charge in [0.2, 0.25) is 0 Å². The van der Waals surface area contributed by atoms with Crippen LogP contribution in [0.4, 0.5) is 21.5 Å². The molecule has 0 aliphatic carbocycles. The molecular weight excluding hydrogens is 449 g/mol. The zero-order valence-electron chi connectivity index (χ0n) is 15.9. The van der Waals surface area contributed by atoms with E-state index in [1.807, 2.05) is 0 Å². The molecule has 0 aliphatic rings. The minimum Gasteiger partial charge on any atom is -0.320 e. The van der Waals surface area contributed by atoms with Gasteiger partial charge in [-0.3, -0.25) is 19.6 Å². The topological polar surface area (TPSA) is 118 Å². The highest BCUT2D eigenvalue weighted by Crippen LogP contribution is 2.29. The van der Waals surface area contributed by atoms with Crippen molar-refractivity contribution < 1.29 is 22.5 Å². The van der Waals surface area contributed by atoms with E-state index in [-0.39, 0.29) is 27.6 Å². The van der Waals surface area contributed by atoms with Crippen LogP contribution in [0.5, 0.6) is 0 Å². The summed E-state index contributed by atoms with van der Waals surface area (Å²) in [7, 11) is -4.31. The SMILES string of the molecule is Cc1ccc(C(=O)Nc2cc(Cl)ccc2NS(=O)(=O)c2ccccc2F)cc1[N+](=O)[O-]. The smallest absolute Gasteiger partial charge is 0.273 e. The number of rotatable bonds is 6. The number of nitro benzene ring substituents is 1. The second kappa shape index (κ2) is 8.70. The zero-order valence-corrected chi connectivity index (χ0v) is 17.5. The van der Waals surface area contributed by atoms with Crippen LogP contribution in [0.3, 0.4) is 0 Å². The lowest BCUT2D eigenvalue weighted by Crippen LogP contribution is -2.18. The van der Waals surface area contributed by atoms with Crippen molar-refractivity contribution >= 4 is 44.6 Å². The van der Waals surface area contributed by atoms with Gasteiger partial charge in [0.15, 0.2) is 0 Å². The highest BCUT2D eigenvalue weighted by atomic mass is 35.5. The number of nitrogens with one attached hydrogen (secondary N) is 2. The van der Waals surface area contributed by atoms with Gasteiger partial charge >= 0.3 is 0 Å². The molecule has 3 aromatic carbocycles. The Balaban J connectivity index is 1.94. The van der Waals surface area contributed by atoms with Gasteiger partial charge in [0.05, 0.1) is 16.3 Å². The third kappa shape index (κ3) is 4.98. The Labute approximate surface area is 181 Å². The predicted octanol–water partition coefficient (Wildman–Crippen LogP) is 4.75. The van der Waals surface area contributed by atoms with Gasteiger partial charge in [0, 0.05) is 22.2 Å². The molecule has 31 heavy (non-hydrogen) atoms. The number of carbonyl (C=O) groups is 1. The number of halogens is 2. The molecule has 2 N–H and O–H groups in total. The highest BCUT2D eigenvalue weighted by Gasteiger charge is 2.21. The number of carbonyl (C=O) groups excluding carboxylic acids is 1. The van der Waals surface area contributed by atoms with Crippen molar-refractivity contribution in [3.8, 4) is 0 Å². The monoisotopic (exact) mass is 463 g/mol. The molecule has 11 heteroatoms. The normalized spacial score (nSPS) is 11.1. The van der Waals surface area contributed by atoms with Crippen LogP contribution >= 0.6 is 11.6 Å². The largest absolute Gasteiger partial charge is 0.320 e. The van der Waals surface area contributed by atoms with Gasteiger partial charge in [-0.25, -0.2) is 12.8 Å². The molecule has 0 aromatic heterocycles. The summed E-state index contributed by atoms with van der Waals surface area (Å²) in [6.45, 7) is 1.53. The molecular formula is C20H15ClFN3O5S. The summed E-state index contributed by atoms with van der Waals surface area (Å²) >= 11 is 5.97. The number of benzene rings is 3. The molecule has 0 radical (unpaired) electrons. The summed E-state index contributed by atoms with van der Waals surface area (Å²) in [5.74, 6) is -1.67. The van der Waals surface area contributed by atoms with Crippen LogP contribution in [0.2, 0.25) is 5.02 Å². The van der Waals surface area contributed by atoms with E-state index in [2.05, 4.69) is 10.0 Å². The summed E-state index contributed by atoms with van der Waals surface area (Å²) in [6, 6.07) is 12.7. The quantitative estimate of drug-likeness (QED) is 0.404. The minimum atomic E-state index is -4.31. The number of sulfonamides is 1. The lowest BCUT2D eigenvalue weighted by Gasteiger charge is -2.14. The molecule has 8 nitrogen and oxygen atoms in total. The number of anilines is 2. The van der Waals surface area contributed by atoms with E-state index in [1.165, 1.54) is 49.4 Å². The molecule has 0 unspecified atom stereocenters. The van der Waals surface area contributed by atoms with Gasteiger partial charge in [0.1, 0.15) is 10.7 Å². The first kappa shape index (κ1) is 22.2. The molecule has 0 saturated heterocycles. The van der Waals surface area contributed by atoms with Crippen LogP contribution in [0, 0.1) is 22.9 Å². The average molecular weight is 464 g/mol. The molecule has 0 saturated carbocycles. The molecule has 3 aromatic rings. The summed E-state index contributed by atoms with van der Waals surface area (Å²) in [4.78, 5) is 22.6. The molecule has 0 fully saturated rings. The van der Waals surface area contributed by atoms with Gasteiger partial charge < -0.3 is 5.32 Å². The minimum absolute atomic E-state index is 0.0133. The van der Waals surface area contributed by atoms with Crippen molar-refractivity contribution in [3.63, 3.8) is 0 Å². The number of hydrogen-bond acceptors (Lipinski definition) is 5. The maximum Gasteiger partial charge on any atom is 0.273 e. The van der Waals surface area contributed by atoms with Crippen molar-refractivity contribution in [1.29, 1.82) is 0 Å². The van der Waals surface area contributed by atoms with E-state index in [0.29, 0.717) is 5.56 Å². The number of nitro groups is 1. The van der Waals surface area contributed by atoms with Crippen LogP contribution in [-0.2, 0) is 10.0 Å². The molecule has 3 rings (SSSR count). The summed E-state index contributed by atoms with van der Waals surface area (Å²) < 4.78 is 41.4. The van der Waals surface area contributed by atoms with Crippen LogP contribution < -0.4 is 10.0 Å². The number of amides is 1. The van der Waals surface area contributed by atoms with Crippen LogP contribution in [0.15, 0.2) is 65.6 Å². The zero-order chi connectivity index (χ0) is 22.8. The van der Waals surface area contributed by atoms with Crippen molar-refractivity contribution in [2.75, 3.05) is 10.0 Å². The standard InChI is InChI=1S/C20H15ClFN3O5S/c1-12-6-7-13(10-18(12)25(27)28)20(26)23-17-11-14(21)8-9-16(17)24-31(29,30)19-5-3-2-4-15(19)22/h2-11,24H,1H3,(H,23,26). The van der Waals surface area contributed by atoms with E-state index in [1.54, 1.807) is 0 Å². The number of nitrogens with zero attached hydrogens (tertiary/aromatic N) is 1. The molecule has 0 atom stereocenters. The average Bonchev–Trinajstić information content (AvgIpc) is 2.70. The van der Waals surface area contributed by atoms with Gasteiger partial charge in [-0.2, -0.15) is 0 Å². The maximum atomic E-state index is 14.0. The summed E-state index contributed by atoms with van der Waals surface area (Å²) in [6.07, 6.45) is 0. The fourth-order valence-corrected chi connectivity index (χ4v) is 4.05. The number of aryl methyl sites for hydroxylation is 1. The van der Waals surface area contributed by atoms with Crippen molar-refractivity contribution in [1.82, 2.24) is 0 Å². The molecule has 1 amide bonds. The molecule has 0 spiro atoms. The molecule has 160 valence electrons. The van der Waals surface area contributed by atoms with E-state index >= 15 is 0 Å². The fraction of sp³-hybridized carbons (Fsp3) is 0.0500. The Morgan fingerprint density at radius 3 is 2.45 bits per heavy atom. The van der Waals surface area contributed by atoms with Gasteiger partial charge in [-0.05, 0) is 43.3 Å². The second-order valence-electron chi connectivity index (χ2n) is 6.44. The molecule has 0 heterocycles. The predicted molar refractivity (Wildman–Crippen MR) is 114 cm³/mol. The highest BCUT2D eigenvalue weighted by molar-refractivity contribution is 7.92. The van der Waals surface area contributed by atoms with E-state index < -0.39 is 31.6 Å². The van der Waals surface area contributed by atoms with Crippen molar-refractivity contribution in [2.24, 2.45) is 0 Å². The van der Waals surface area contributed by atoms with Gasteiger partial charge in [-0.15, -0.1) is 0 Å². The van der Waals surface area contributed by atoms with E-state index in [9.17, 15) is 27.7 Å². The third-order valence-electron chi connectivity index (χ3n) is 4.27. The number of hydrogen-bond donors (Lipinski definition) is 2. The first-order chi connectivity index (χ1) is 14.6. The van der Waals surface area contributed by atoms with Crippen LogP contribution in [-0.4, -0.2) is 19.2 Å². The lowest BCUT2D eigenvalue weighted by atomic mass is 10.1. The third-order valence-corrected chi connectivity index (χ3v) is 5.90. The molecule has 0 aliphatic heterocycles. The van der Waals surface area contributed by atoms with Gasteiger partial charge in [-0.1, -0.05) is 29.8 Å². The summed E-state index contributed by atoms with van der Waals surface area (Å²) in [5, 5.41) is 13.8. The maximum absolute atomic E-state index is 14.0. The van der Waals surface area contributed by atoms with Crippen molar-refractivity contribution in [3.05, 3.63) is 92.7 Å². The molecule has 0 bridgehead atoms. The van der Waals surface area contributed by atoms with Gasteiger partial charge in [0.25, 0.3) is 21.6 Å². The van der Waals surface area contributed by atoms with E-state index in [4.69, 9.17) is 11.6 Å². The second-order valence-corrected chi connectivity index (χ2v) is 8.53. The first-order valence-corrected chi connectivity index (χ1v) is 10.6. The Bertz CT molecular complexity index is 1300. The Hall–Kier alpha value is -3.50. The Morgan fingerprint density at radius 1 is 1.06 bits per heavy atom. The summed E-state index contributed by atoms with van der Waals surface area (Å²) in [5.41, 5.74) is 0.0466. The lowest BCUT2D eigenvalue weighted by molar-refractivity contribution is -0.385. The fourth-order valence-electron chi connectivity index (χ4n) is 2.71. The van der Waals surface area contributed by atoms with E-state index in [0.717, 1.165) is 18.2 Å². The van der Waals surface area contributed by atoms with Crippen LogP contribution in [0.1, 0.15) is 15.9 Å². The van der Waals surface area contributed by atoms with Crippen LogP contribution in [0.25, 0.3) is 0 Å². The Morgan fingerprint density at radius 2 is 1.77 bits per heavy atom. The Kier molecular flexibility index (Phi) is 6.23. The first-order valence-electron chi connectivity index (χ1n) is 8.72.